The van der Waals surface area contributed by atoms with Crippen LogP contribution in [0, 0.1) is 13.8 Å². The predicted octanol–water partition coefficient (Wildman–Crippen LogP) is 5.84. The summed E-state index contributed by atoms with van der Waals surface area (Å²) >= 11 is 1.69. The number of nitrogens with one attached hydrogen (secondary N) is 1. The number of carbonyl (C=O) groups is 1. The number of hydrogen-bond acceptors (Lipinski definition) is 4. The Morgan fingerprint density at radius 3 is 2.50 bits per heavy atom. The van der Waals surface area contributed by atoms with Crippen LogP contribution in [0.25, 0.3) is 20.8 Å². The van der Waals surface area contributed by atoms with Crippen LogP contribution >= 0.6 is 11.3 Å². The summed E-state index contributed by atoms with van der Waals surface area (Å²) in [6, 6.07) is 19.3. The van der Waals surface area contributed by atoms with Crippen molar-refractivity contribution in [3.8, 4) is 16.3 Å². The fourth-order valence-electron chi connectivity index (χ4n) is 3.07. The van der Waals surface area contributed by atoms with Gasteiger partial charge in [0.1, 0.15) is 10.8 Å². The lowest BCUT2D eigenvalue weighted by Gasteiger charge is -2.09. The van der Waals surface area contributed by atoms with Gasteiger partial charge in [-0.2, -0.15) is 0 Å². The second-order valence-electron chi connectivity index (χ2n) is 6.70. The zero-order chi connectivity index (χ0) is 19.7. The molecule has 0 bridgehead atoms. The number of fused-ring (bicyclic) bond motifs is 1. The number of aryl methyl sites for hydroxylation is 2. The number of carbonyl (C=O) groups excluding carboxylic acids is 1. The molecule has 0 fully saturated rings. The molecule has 0 saturated heterocycles. The SMILES string of the molecule is COc1ccc(C(=O)Nc2ccc(-c3nc4ccc(C)cc4s3)c(C)c2)cc1. The lowest BCUT2D eigenvalue weighted by Crippen LogP contribution is -2.11. The topological polar surface area (TPSA) is 51.2 Å². The van der Waals surface area contributed by atoms with Crippen molar-refractivity contribution >= 4 is 33.1 Å². The van der Waals surface area contributed by atoms with E-state index in [1.54, 1.807) is 42.7 Å². The fraction of sp³-hybridized carbons (Fsp3) is 0.130. The van der Waals surface area contributed by atoms with E-state index < -0.39 is 0 Å². The van der Waals surface area contributed by atoms with Crippen LogP contribution in [-0.4, -0.2) is 18.0 Å². The van der Waals surface area contributed by atoms with E-state index in [0.717, 1.165) is 33.1 Å². The normalized spacial score (nSPS) is 10.8. The summed E-state index contributed by atoms with van der Waals surface area (Å²) in [5.74, 6) is 0.577. The first-order chi connectivity index (χ1) is 13.5. The Bertz CT molecular complexity index is 1160. The Labute approximate surface area is 167 Å². The highest BCUT2D eigenvalue weighted by Gasteiger charge is 2.11. The monoisotopic (exact) mass is 388 g/mol. The van der Waals surface area contributed by atoms with Crippen molar-refractivity contribution in [2.45, 2.75) is 13.8 Å². The predicted molar refractivity (Wildman–Crippen MR) is 115 cm³/mol. The largest absolute Gasteiger partial charge is 0.497 e. The summed E-state index contributed by atoms with van der Waals surface area (Å²) in [7, 11) is 1.60. The van der Waals surface area contributed by atoms with Crippen LogP contribution in [0.15, 0.2) is 60.7 Å². The number of rotatable bonds is 4. The Morgan fingerprint density at radius 1 is 1.00 bits per heavy atom. The van der Waals surface area contributed by atoms with E-state index in [1.165, 1.54) is 10.3 Å². The van der Waals surface area contributed by atoms with Crippen LogP contribution < -0.4 is 10.1 Å². The van der Waals surface area contributed by atoms with E-state index >= 15 is 0 Å². The van der Waals surface area contributed by atoms with Gasteiger partial charge in [-0.15, -0.1) is 11.3 Å². The van der Waals surface area contributed by atoms with Gasteiger partial charge in [-0.25, -0.2) is 4.98 Å². The Balaban J connectivity index is 1.57. The lowest BCUT2D eigenvalue weighted by atomic mass is 10.1. The van der Waals surface area contributed by atoms with Crippen molar-refractivity contribution in [3.05, 3.63) is 77.4 Å². The van der Waals surface area contributed by atoms with Crippen LogP contribution in [0.1, 0.15) is 21.5 Å². The van der Waals surface area contributed by atoms with Gasteiger partial charge in [-0.3, -0.25) is 4.79 Å². The molecule has 0 atom stereocenters. The molecule has 3 aromatic carbocycles. The van der Waals surface area contributed by atoms with E-state index in [0.29, 0.717) is 5.56 Å². The molecule has 0 spiro atoms. The molecule has 28 heavy (non-hydrogen) atoms. The maximum absolute atomic E-state index is 12.5. The van der Waals surface area contributed by atoms with Gasteiger partial charge in [0.05, 0.1) is 17.3 Å². The van der Waals surface area contributed by atoms with Crippen molar-refractivity contribution < 1.29 is 9.53 Å². The summed E-state index contributed by atoms with van der Waals surface area (Å²) in [5, 5.41) is 3.94. The molecule has 1 amide bonds. The van der Waals surface area contributed by atoms with Gasteiger partial charge in [0.15, 0.2) is 0 Å². The fourth-order valence-corrected chi connectivity index (χ4v) is 4.23. The van der Waals surface area contributed by atoms with Crippen molar-refractivity contribution in [1.29, 1.82) is 0 Å². The molecule has 5 heteroatoms. The number of thiazole rings is 1. The highest BCUT2D eigenvalue weighted by atomic mass is 32.1. The highest BCUT2D eigenvalue weighted by Crippen LogP contribution is 2.33. The molecule has 0 aliphatic heterocycles. The summed E-state index contributed by atoms with van der Waals surface area (Å²) in [4.78, 5) is 17.2. The molecule has 1 aromatic heterocycles. The van der Waals surface area contributed by atoms with Gasteiger partial charge in [0.2, 0.25) is 0 Å². The number of hydrogen-bond donors (Lipinski definition) is 1. The van der Waals surface area contributed by atoms with Crippen molar-refractivity contribution in [2.24, 2.45) is 0 Å². The molecule has 0 radical (unpaired) electrons. The van der Waals surface area contributed by atoms with E-state index in [9.17, 15) is 4.79 Å². The second-order valence-corrected chi connectivity index (χ2v) is 7.73. The number of ether oxygens (including phenoxy) is 1. The number of amides is 1. The number of nitrogens with zero attached hydrogens (tertiary/aromatic N) is 1. The number of anilines is 1. The van der Waals surface area contributed by atoms with E-state index in [-0.39, 0.29) is 5.91 Å². The smallest absolute Gasteiger partial charge is 0.255 e. The molecule has 4 rings (SSSR count). The third kappa shape index (κ3) is 3.62. The third-order valence-corrected chi connectivity index (χ3v) is 5.66. The van der Waals surface area contributed by atoms with Gasteiger partial charge in [0, 0.05) is 16.8 Å². The zero-order valence-electron chi connectivity index (χ0n) is 15.9. The van der Waals surface area contributed by atoms with Crippen LogP contribution in [0.3, 0.4) is 0 Å². The van der Waals surface area contributed by atoms with Gasteiger partial charge < -0.3 is 10.1 Å². The molecular weight excluding hydrogens is 368 g/mol. The molecule has 0 saturated carbocycles. The molecule has 0 unspecified atom stereocenters. The lowest BCUT2D eigenvalue weighted by molar-refractivity contribution is 0.102. The molecule has 0 aliphatic rings. The minimum absolute atomic E-state index is 0.148. The van der Waals surface area contributed by atoms with E-state index in [2.05, 4.69) is 30.4 Å². The number of benzene rings is 3. The quantitative estimate of drug-likeness (QED) is 0.478. The van der Waals surface area contributed by atoms with Crippen LogP contribution in [0.5, 0.6) is 5.75 Å². The van der Waals surface area contributed by atoms with E-state index in [1.807, 2.05) is 25.1 Å². The van der Waals surface area contributed by atoms with Crippen molar-refractivity contribution in [1.82, 2.24) is 4.98 Å². The molecule has 140 valence electrons. The first-order valence-corrected chi connectivity index (χ1v) is 9.79. The van der Waals surface area contributed by atoms with Crippen molar-refractivity contribution in [2.75, 3.05) is 12.4 Å². The number of aromatic nitrogens is 1. The first-order valence-electron chi connectivity index (χ1n) is 8.97. The van der Waals surface area contributed by atoms with Gasteiger partial charge in [0.25, 0.3) is 5.91 Å². The Kier molecular flexibility index (Phi) is 4.84. The maximum atomic E-state index is 12.5. The average Bonchev–Trinajstić information content (AvgIpc) is 3.10. The second kappa shape index (κ2) is 7.44. The minimum atomic E-state index is -0.148. The van der Waals surface area contributed by atoms with Gasteiger partial charge in [-0.1, -0.05) is 6.07 Å². The van der Waals surface area contributed by atoms with E-state index in [4.69, 9.17) is 9.72 Å². The summed E-state index contributed by atoms with van der Waals surface area (Å²) in [5.41, 5.74) is 5.76. The highest BCUT2D eigenvalue weighted by molar-refractivity contribution is 7.21. The molecule has 1 N–H and O–H groups in total. The standard InChI is InChI=1S/C23H20N2O2S/c1-14-4-11-20-21(12-14)28-23(25-20)19-10-7-17(13-15(19)2)24-22(26)16-5-8-18(27-3)9-6-16/h4-13H,1-3H3,(H,24,26). The van der Waals surface area contributed by atoms with Crippen molar-refractivity contribution in [3.63, 3.8) is 0 Å². The molecule has 4 aromatic rings. The molecule has 4 nitrogen and oxygen atoms in total. The minimum Gasteiger partial charge on any atom is -0.497 e. The average molecular weight is 388 g/mol. The maximum Gasteiger partial charge on any atom is 0.255 e. The summed E-state index contributed by atoms with van der Waals surface area (Å²) in [6.07, 6.45) is 0. The van der Waals surface area contributed by atoms with Gasteiger partial charge in [-0.05, 0) is 79.6 Å². The van der Waals surface area contributed by atoms with Crippen LogP contribution in [0.4, 0.5) is 5.69 Å². The summed E-state index contributed by atoms with van der Waals surface area (Å²) < 4.78 is 6.32. The number of methoxy groups -OCH3 is 1. The Hall–Kier alpha value is -3.18. The summed E-state index contributed by atoms with van der Waals surface area (Å²) in [6.45, 7) is 4.13. The zero-order valence-corrected chi connectivity index (χ0v) is 16.8. The van der Waals surface area contributed by atoms with Crippen LogP contribution in [0.2, 0.25) is 0 Å². The molecule has 1 heterocycles. The Morgan fingerprint density at radius 2 is 1.79 bits per heavy atom. The van der Waals surface area contributed by atoms with Gasteiger partial charge >= 0.3 is 0 Å². The first kappa shape index (κ1) is 18.2. The third-order valence-electron chi connectivity index (χ3n) is 4.61. The van der Waals surface area contributed by atoms with Crippen LogP contribution in [-0.2, 0) is 0 Å². The molecular formula is C23H20N2O2S. The molecule has 0 aliphatic carbocycles.